The van der Waals surface area contributed by atoms with Crippen molar-refractivity contribution in [3.8, 4) is 0 Å². The first-order valence-corrected chi connectivity index (χ1v) is 11.9. The van der Waals surface area contributed by atoms with E-state index in [9.17, 15) is 14.4 Å². The van der Waals surface area contributed by atoms with E-state index in [1.807, 2.05) is 24.3 Å². The van der Waals surface area contributed by atoms with Crippen molar-refractivity contribution in [1.29, 1.82) is 0 Å². The van der Waals surface area contributed by atoms with Crippen LogP contribution in [0.15, 0.2) is 33.9 Å². The third-order valence-electron chi connectivity index (χ3n) is 6.74. The maximum atomic E-state index is 12.5. The molecule has 2 aliphatic rings. The van der Waals surface area contributed by atoms with Gasteiger partial charge in [0.05, 0.1) is 0 Å². The highest BCUT2D eigenvalue weighted by atomic mass is 16.2. The van der Waals surface area contributed by atoms with Gasteiger partial charge in [-0.3, -0.25) is 14.4 Å². The third-order valence-corrected chi connectivity index (χ3v) is 6.74. The first-order chi connectivity index (χ1) is 15.1. The van der Waals surface area contributed by atoms with Crippen LogP contribution in [0.25, 0.3) is 0 Å². The highest BCUT2D eigenvalue weighted by molar-refractivity contribution is 5.94. The molecule has 2 saturated carbocycles. The van der Waals surface area contributed by atoms with Gasteiger partial charge >= 0.3 is 0 Å². The van der Waals surface area contributed by atoms with Crippen molar-refractivity contribution in [3.05, 3.63) is 55.8 Å². The Labute approximate surface area is 183 Å². The number of amides is 1. The lowest BCUT2D eigenvalue weighted by molar-refractivity contribution is 0.0933. The molecule has 2 aromatic rings. The van der Waals surface area contributed by atoms with Crippen LogP contribution < -0.4 is 26.8 Å². The van der Waals surface area contributed by atoms with Gasteiger partial charge in [-0.2, -0.15) is 0 Å². The van der Waals surface area contributed by atoms with E-state index < -0.39 is 10.9 Å². The zero-order valence-corrected chi connectivity index (χ0v) is 18.2. The summed E-state index contributed by atoms with van der Waals surface area (Å²) in [7, 11) is 0. The van der Waals surface area contributed by atoms with Gasteiger partial charge in [0.2, 0.25) is 0 Å². The maximum absolute atomic E-state index is 12.5. The van der Waals surface area contributed by atoms with Gasteiger partial charge < -0.3 is 16.0 Å². The summed E-state index contributed by atoms with van der Waals surface area (Å²) in [6.45, 7) is 0.439. The first-order valence-electron chi connectivity index (χ1n) is 11.9. The van der Waals surface area contributed by atoms with E-state index >= 15 is 0 Å². The molecular weight excluding hydrogens is 390 g/mol. The van der Waals surface area contributed by atoms with Crippen LogP contribution in [0.2, 0.25) is 0 Å². The molecule has 2 fully saturated rings. The molecule has 0 saturated heterocycles. The molecule has 1 amide bonds. The average molecular weight is 424 g/mol. The standard InChI is InChI=1S/C25H33N3O3/c29-23-21(22(24(23)30)27-19-8-6-3-7-9-19)26-16-17-12-14-18(15-13-17)25(31)28-20-10-4-1-2-5-11-20/h12-15,19-20,26-27H,1-11,16H2,(H,28,31). The number of benzene rings is 1. The van der Waals surface area contributed by atoms with Crippen LogP contribution in [0.5, 0.6) is 0 Å². The molecular formula is C25H33N3O3. The van der Waals surface area contributed by atoms with Crippen molar-refractivity contribution in [2.24, 2.45) is 0 Å². The van der Waals surface area contributed by atoms with Crippen molar-refractivity contribution in [2.75, 3.05) is 10.6 Å². The van der Waals surface area contributed by atoms with Crippen LogP contribution in [0, 0.1) is 0 Å². The Morgan fingerprint density at radius 1 is 0.742 bits per heavy atom. The summed E-state index contributed by atoms with van der Waals surface area (Å²) in [6, 6.07) is 8.01. The smallest absolute Gasteiger partial charge is 0.253 e. The number of carbonyl (C=O) groups excluding carboxylic acids is 1. The molecule has 3 N–H and O–H groups in total. The summed E-state index contributed by atoms with van der Waals surface area (Å²) in [4.78, 5) is 36.6. The fourth-order valence-electron chi connectivity index (χ4n) is 4.81. The Bertz CT molecular complexity index is 946. The molecule has 31 heavy (non-hydrogen) atoms. The van der Waals surface area contributed by atoms with Gasteiger partial charge in [0.1, 0.15) is 11.4 Å². The minimum Gasteiger partial charge on any atom is -0.377 e. The van der Waals surface area contributed by atoms with Crippen molar-refractivity contribution in [2.45, 2.75) is 89.3 Å². The van der Waals surface area contributed by atoms with Crippen LogP contribution in [0.1, 0.15) is 86.6 Å². The van der Waals surface area contributed by atoms with E-state index in [4.69, 9.17) is 0 Å². The van der Waals surface area contributed by atoms with Crippen molar-refractivity contribution in [1.82, 2.24) is 5.32 Å². The first kappa shape index (κ1) is 21.6. The number of carbonyl (C=O) groups is 1. The van der Waals surface area contributed by atoms with Crippen LogP contribution in [0.4, 0.5) is 11.4 Å². The van der Waals surface area contributed by atoms with Gasteiger partial charge in [0, 0.05) is 24.2 Å². The highest BCUT2D eigenvalue weighted by Gasteiger charge is 2.24. The second-order valence-electron chi connectivity index (χ2n) is 9.10. The molecule has 0 aliphatic heterocycles. The minimum absolute atomic E-state index is 0.0205. The van der Waals surface area contributed by atoms with Crippen LogP contribution in [-0.4, -0.2) is 18.0 Å². The van der Waals surface area contributed by atoms with E-state index in [0.29, 0.717) is 23.5 Å². The number of nitrogens with one attached hydrogen (secondary N) is 3. The molecule has 2 aromatic carbocycles. The molecule has 0 aromatic heterocycles. The van der Waals surface area contributed by atoms with Gasteiger partial charge in [-0.15, -0.1) is 0 Å². The third kappa shape index (κ3) is 5.35. The zero-order chi connectivity index (χ0) is 21.6. The molecule has 0 unspecified atom stereocenters. The Morgan fingerprint density at radius 2 is 1.29 bits per heavy atom. The van der Waals surface area contributed by atoms with Gasteiger partial charge in [0.25, 0.3) is 16.8 Å². The molecule has 0 heterocycles. The molecule has 0 radical (unpaired) electrons. The second kappa shape index (κ2) is 10.1. The Morgan fingerprint density at radius 3 is 1.94 bits per heavy atom. The summed E-state index contributed by atoms with van der Waals surface area (Å²) < 4.78 is 0. The summed E-state index contributed by atoms with van der Waals surface area (Å²) in [5.41, 5.74) is 1.59. The molecule has 0 spiro atoms. The Hall–Kier alpha value is -2.63. The molecule has 4 rings (SSSR count). The molecule has 6 heteroatoms. The van der Waals surface area contributed by atoms with E-state index in [2.05, 4.69) is 16.0 Å². The molecule has 6 nitrogen and oxygen atoms in total. The van der Waals surface area contributed by atoms with Gasteiger partial charge in [-0.05, 0) is 43.4 Å². The largest absolute Gasteiger partial charge is 0.377 e. The van der Waals surface area contributed by atoms with E-state index in [0.717, 1.165) is 44.1 Å². The lowest BCUT2D eigenvalue weighted by Gasteiger charge is -2.25. The van der Waals surface area contributed by atoms with Crippen LogP contribution >= 0.6 is 0 Å². The fourth-order valence-corrected chi connectivity index (χ4v) is 4.81. The maximum Gasteiger partial charge on any atom is 0.253 e. The quantitative estimate of drug-likeness (QED) is 0.461. The molecule has 166 valence electrons. The lowest BCUT2D eigenvalue weighted by atomic mass is 9.95. The topological polar surface area (TPSA) is 87.3 Å². The zero-order valence-electron chi connectivity index (χ0n) is 18.2. The monoisotopic (exact) mass is 423 g/mol. The van der Waals surface area contributed by atoms with Crippen molar-refractivity contribution < 1.29 is 4.79 Å². The summed E-state index contributed by atoms with van der Waals surface area (Å²) in [6.07, 6.45) is 12.7. The van der Waals surface area contributed by atoms with Gasteiger partial charge in [0.15, 0.2) is 0 Å². The van der Waals surface area contributed by atoms with Crippen molar-refractivity contribution >= 4 is 17.3 Å². The van der Waals surface area contributed by atoms with E-state index in [1.54, 1.807) is 0 Å². The number of anilines is 2. The number of hydrogen-bond donors (Lipinski definition) is 3. The summed E-state index contributed by atoms with van der Waals surface area (Å²) in [5, 5.41) is 9.57. The van der Waals surface area contributed by atoms with Gasteiger partial charge in [-0.25, -0.2) is 0 Å². The SMILES string of the molecule is O=C(NC1CCCCCC1)c1ccc(CNc2c(NC3CCCCC3)c(=O)c2=O)cc1. The van der Waals surface area contributed by atoms with Gasteiger partial charge in [-0.1, -0.05) is 57.1 Å². The van der Waals surface area contributed by atoms with Crippen LogP contribution in [0.3, 0.4) is 0 Å². The fraction of sp³-hybridized carbons (Fsp3) is 0.560. The summed E-state index contributed by atoms with van der Waals surface area (Å²) >= 11 is 0. The summed E-state index contributed by atoms with van der Waals surface area (Å²) in [5.74, 6) is -0.0205. The second-order valence-corrected chi connectivity index (χ2v) is 9.10. The normalized spacial score (nSPS) is 18.5. The van der Waals surface area contributed by atoms with Crippen LogP contribution in [-0.2, 0) is 6.54 Å². The Balaban J connectivity index is 1.31. The molecule has 0 bridgehead atoms. The number of hydrogen-bond acceptors (Lipinski definition) is 5. The predicted octanol–water partition coefficient (Wildman–Crippen LogP) is 4.09. The highest BCUT2D eigenvalue weighted by Crippen LogP contribution is 2.24. The molecule has 2 aliphatic carbocycles. The number of rotatable bonds is 7. The Kier molecular flexibility index (Phi) is 7.05. The average Bonchev–Trinajstić information content (AvgIpc) is 3.08. The van der Waals surface area contributed by atoms with E-state index in [-0.39, 0.29) is 18.0 Å². The minimum atomic E-state index is -0.447. The van der Waals surface area contributed by atoms with E-state index in [1.165, 1.54) is 32.1 Å². The predicted molar refractivity (Wildman–Crippen MR) is 125 cm³/mol. The lowest BCUT2D eigenvalue weighted by Crippen LogP contribution is -2.40. The van der Waals surface area contributed by atoms with Crippen molar-refractivity contribution in [3.63, 3.8) is 0 Å². The molecule has 0 atom stereocenters.